The summed E-state index contributed by atoms with van der Waals surface area (Å²) in [6.45, 7) is 2.41. The van der Waals surface area contributed by atoms with E-state index in [2.05, 4.69) is 5.32 Å². The van der Waals surface area contributed by atoms with E-state index in [-0.39, 0.29) is 42.9 Å². The molecule has 8 nitrogen and oxygen atoms in total. The number of carbonyl (C=O) groups is 2. The van der Waals surface area contributed by atoms with Gasteiger partial charge < -0.3 is 10.2 Å². The molecule has 0 radical (unpaired) electrons. The second kappa shape index (κ2) is 9.07. The van der Waals surface area contributed by atoms with Crippen molar-refractivity contribution >= 4 is 21.8 Å². The normalized spacial score (nSPS) is 15.8. The fourth-order valence-corrected chi connectivity index (χ4v) is 4.63. The monoisotopic (exact) mass is 426 g/mol. The third-order valence-corrected chi connectivity index (χ3v) is 6.84. The van der Waals surface area contributed by atoms with Crippen molar-refractivity contribution < 1.29 is 18.0 Å². The lowest BCUT2D eigenvalue weighted by Gasteiger charge is -2.35. The van der Waals surface area contributed by atoms with E-state index >= 15 is 0 Å². The molecule has 30 heavy (non-hydrogen) atoms. The first-order valence-electron chi connectivity index (χ1n) is 9.48. The van der Waals surface area contributed by atoms with Crippen LogP contribution in [0.3, 0.4) is 0 Å². The minimum atomic E-state index is -3.70. The molecule has 0 aliphatic carbocycles. The minimum absolute atomic E-state index is 0.116. The molecular weight excluding hydrogens is 404 g/mol. The van der Waals surface area contributed by atoms with Crippen LogP contribution >= 0.6 is 0 Å². The van der Waals surface area contributed by atoms with Crippen molar-refractivity contribution in [2.75, 3.05) is 26.2 Å². The largest absolute Gasteiger partial charge is 0.341 e. The van der Waals surface area contributed by atoms with Gasteiger partial charge in [0.1, 0.15) is 6.04 Å². The van der Waals surface area contributed by atoms with Crippen molar-refractivity contribution in [1.82, 2.24) is 14.5 Å². The molecule has 1 aliphatic rings. The van der Waals surface area contributed by atoms with Crippen LogP contribution in [0.2, 0.25) is 0 Å². The average Bonchev–Trinajstić information content (AvgIpc) is 2.79. The third kappa shape index (κ3) is 4.67. The number of hydrogen-bond acceptors (Lipinski definition) is 5. The van der Waals surface area contributed by atoms with Gasteiger partial charge in [0.15, 0.2) is 0 Å². The maximum Gasteiger partial charge on any atom is 0.251 e. The molecular formula is C21H22N4O4S. The van der Waals surface area contributed by atoms with Crippen molar-refractivity contribution in [1.29, 1.82) is 5.26 Å². The highest BCUT2D eigenvalue weighted by molar-refractivity contribution is 7.89. The number of sulfonamides is 1. The van der Waals surface area contributed by atoms with Crippen molar-refractivity contribution in [3.63, 3.8) is 0 Å². The van der Waals surface area contributed by atoms with E-state index in [1.54, 1.807) is 42.2 Å². The number of nitrogens with one attached hydrogen (secondary N) is 1. The van der Waals surface area contributed by atoms with Crippen LogP contribution < -0.4 is 5.32 Å². The zero-order chi connectivity index (χ0) is 21.7. The van der Waals surface area contributed by atoms with Crippen LogP contribution in [0.25, 0.3) is 0 Å². The Bertz CT molecular complexity index is 1050. The molecule has 156 valence electrons. The molecule has 1 aliphatic heterocycles. The summed E-state index contributed by atoms with van der Waals surface area (Å²) in [7, 11) is -3.70. The van der Waals surface area contributed by atoms with Gasteiger partial charge in [-0.3, -0.25) is 9.59 Å². The maximum absolute atomic E-state index is 12.8. The first-order valence-corrected chi connectivity index (χ1v) is 10.9. The van der Waals surface area contributed by atoms with Crippen molar-refractivity contribution in [2.24, 2.45) is 0 Å². The zero-order valence-electron chi connectivity index (χ0n) is 16.5. The van der Waals surface area contributed by atoms with Gasteiger partial charge in [-0.2, -0.15) is 9.57 Å². The Labute approximate surface area is 175 Å². The van der Waals surface area contributed by atoms with Crippen LogP contribution in [-0.4, -0.2) is 61.7 Å². The van der Waals surface area contributed by atoms with E-state index in [0.717, 1.165) is 0 Å². The predicted octanol–water partition coefficient (Wildman–Crippen LogP) is 1.21. The highest BCUT2D eigenvalue weighted by Gasteiger charge is 2.31. The number of carbonyl (C=O) groups excluding carboxylic acids is 2. The lowest BCUT2D eigenvalue weighted by Crippen LogP contribution is -2.55. The van der Waals surface area contributed by atoms with Crippen molar-refractivity contribution in [3.8, 4) is 6.07 Å². The van der Waals surface area contributed by atoms with Crippen LogP contribution in [0.15, 0.2) is 59.5 Å². The molecule has 0 bridgehead atoms. The van der Waals surface area contributed by atoms with E-state index in [0.29, 0.717) is 11.1 Å². The Kier molecular flexibility index (Phi) is 6.50. The van der Waals surface area contributed by atoms with Crippen LogP contribution in [0.4, 0.5) is 0 Å². The fraction of sp³-hybridized carbons (Fsp3) is 0.286. The molecule has 9 heteroatoms. The van der Waals surface area contributed by atoms with Gasteiger partial charge in [0.05, 0.1) is 16.5 Å². The van der Waals surface area contributed by atoms with Gasteiger partial charge in [-0.1, -0.05) is 18.2 Å². The molecule has 1 heterocycles. The Morgan fingerprint density at radius 2 is 1.60 bits per heavy atom. The van der Waals surface area contributed by atoms with Crippen LogP contribution in [0, 0.1) is 11.3 Å². The first-order chi connectivity index (χ1) is 14.3. The van der Waals surface area contributed by atoms with Gasteiger partial charge in [0.2, 0.25) is 15.9 Å². The second-order valence-electron chi connectivity index (χ2n) is 6.93. The standard InChI is InChI=1S/C21H22N4O4S/c1-16(23-20(26)18-5-3-2-4-6-18)21(27)24-11-13-25(14-12-24)30(28,29)19-9-7-17(15-22)8-10-19/h2-10,16H,11-14H2,1H3,(H,23,26)/t16-/m0/s1. The zero-order valence-corrected chi connectivity index (χ0v) is 17.3. The average molecular weight is 426 g/mol. The SMILES string of the molecule is C[C@H](NC(=O)c1ccccc1)C(=O)N1CCN(S(=O)(=O)c2ccc(C#N)cc2)CC1. The van der Waals surface area contributed by atoms with E-state index < -0.39 is 16.1 Å². The Morgan fingerprint density at radius 3 is 2.17 bits per heavy atom. The Hall–Kier alpha value is -3.22. The van der Waals surface area contributed by atoms with E-state index in [1.807, 2.05) is 6.07 Å². The fourth-order valence-electron chi connectivity index (χ4n) is 3.20. The summed E-state index contributed by atoms with van der Waals surface area (Å²) in [6.07, 6.45) is 0. The highest BCUT2D eigenvalue weighted by atomic mass is 32.2. The summed E-state index contributed by atoms with van der Waals surface area (Å²) in [4.78, 5) is 26.6. The van der Waals surface area contributed by atoms with Crippen molar-refractivity contribution in [2.45, 2.75) is 17.9 Å². The summed E-state index contributed by atoms with van der Waals surface area (Å²) in [6, 6.07) is 15.6. The summed E-state index contributed by atoms with van der Waals surface area (Å²) in [5.74, 6) is -0.590. The van der Waals surface area contributed by atoms with Gasteiger partial charge >= 0.3 is 0 Å². The van der Waals surface area contributed by atoms with Crippen LogP contribution in [0.1, 0.15) is 22.8 Å². The van der Waals surface area contributed by atoms with Crippen LogP contribution in [0.5, 0.6) is 0 Å². The molecule has 2 amide bonds. The topological polar surface area (TPSA) is 111 Å². The molecule has 2 aromatic carbocycles. The van der Waals surface area contributed by atoms with Gasteiger partial charge in [0.25, 0.3) is 5.91 Å². The molecule has 1 N–H and O–H groups in total. The van der Waals surface area contributed by atoms with E-state index in [9.17, 15) is 18.0 Å². The highest BCUT2D eigenvalue weighted by Crippen LogP contribution is 2.18. The number of benzene rings is 2. The minimum Gasteiger partial charge on any atom is -0.341 e. The smallest absolute Gasteiger partial charge is 0.251 e. The van der Waals surface area contributed by atoms with E-state index in [4.69, 9.17) is 5.26 Å². The van der Waals surface area contributed by atoms with Gasteiger partial charge in [0, 0.05) is 31.7 Å². The lowest BCUT2D eigenvalue weighted by molar-refractivity contribution is -0.134. The molecule has 3 rings (SSSR count). The number of nitriles is 1. The number of rotatable bonds is 5. The third-order valence-electron chi connectivity index (χ3n) is 4.93. The molecule has 1 fully saturated rings. The predicted molar refractivity (Wildman–Crippen MR) is 110 cm³/mol. The summed E-state index contributed by atoms with van der Waals surface area (Å²) < 4.78 is 26.9. The van der Waals surface area contributed by atoms with Gasteiger partial charge in [-0.05, 0) is 43.3 Å². The Balaban J connectivity index is 1.58. The molecule has 1 saturated heterocycles. The van der Waals surface area contributed by atoms with Crippen molar-refractivity contribution in [3.05, 3.63) is 65.7 Å². The quantitative estimate of drug-likeness (QED) is 0.773. The number of nitrogens with zero attached hydrogens (tertiary/aromatic N) is 3. The number of hydrogen-bond donors (Lipinski definition) is 1. The van der Waals surface area contributed by atoms with Gasteiger partial charge in [-0.25, -0.2) is 8.42 Å². The molecule has 2 aromatic rings. The molecule has 0 spiro atoms. The number of amides is 2. The maximum atomic E-state index is 12.8. The molecule has 1 atom stereocenters. The summed E-state index contributed by atoms with van der Waals surface area (Å²) >= 11 is 0. The number of piperazine rings is 1. The molecule has 0 saturated carbocycles. The lowest BCUT2D eigenvalue weighted by atomic mass is 10.2. The molecule has 0 aromatic heterocycles. The first kappa shape index (κ1) is 21.5. The Morgan fingerprint density at radius 1 is 1.00 bits per heavy atom. The summed E-state index contributed by atoms with van der Waals surface area (Å²) in [5.41, 5.74) is 0.853. The van der Waals surface area contributed by atoms with Gasteiger partial charge in [-0.15, -0.1) is 0 Å². The van der Waals surface area contributed by atoms with E-state index in [1.165, 1.54) is 28.6 Å². The van der Waals surface area contributed by atoms with Crippen LogP contribution in [-0.2, 0) is 14.8 Å². The summed E-state index contributed by atoms with van der Waals surface area (Å²) in [5, 5.41) is 11.5. The molecule has 0 unspecified atom stereocenters. The second-order valence-corrected chi connectivity index (χ2v) is 8.86.